The zero-order valence-corrected chi connectivity index (χ0v) is 22.3. The fraction of sp³-hybridized carbons (Fsp3) is 0.379. The first kappa shape index (κ1) is 24.5. The third-order valence-corrected chi connectivity index (χ3v) is 8.15. The van der Waals surface area contributed by atoms with Crippen LogP contribution in [0.5, 0.6) is 5.75 Å². The number of nitrogens with one attached hydrogen (secondary N) is 2. The molecule has 2 N–H and O–H groups in total. The van der Waals surface area contributed by atoms with Crippen LogP contribution in [0.25, 0.3) is 0 Å². The van der Waals surface area contributed by atoms with Crippen molar-refractivity contribution in [2.75, 3.05) is 11.9 Å². The maximum Gasteiger partial charge on any atom is 0.343 e. The zero-order valence-electron chi connectivity index (χ0n) is 21.5. The molecule has 1 unspecified atom stereocenters. The summed E-state index contributed by atoms with van der Waals surface area (Å²) < 4.78 is 5.58. The number of hydrogen-bond acceptors (Lipinski definition) is 6. The van der Waals surface area contributed by atoms with Crippen molar-refractivity contribution in [3.8, 4) is 5.75 Å². The van der Waals surface area contributed by atoms with Gasteiger partial charge in [0.2, 0.25) is 0 Å². The maximum absolute atomic E-state index is 13.0. The first-order valence-electron chi connectivity index (χ1n) is 12.5. The predicted octanol–water partition coefficient (Wildman–Crippen LogP) is 5.89. The summed E-state index contributed by atoms with van der Waals surface area (Å²) in [5.74, 6) is 0.0434. The van der Waals surface area contributed by atoms with Crippen molar-refractivity contribution in [1.29, 1.82) is 0 Å². The second-order valence-corrected chi connectivity index (χ2v) is 12.0. The number of carbonyl (C=O) groups excluding carboxylic acids is 2. The smallest absolute Gasteiger partial charge is 0.343 e. The van der Waals surface area contributed by atoms with E-state index in [4.69, 9.17) is 4.74 Å². The van der Waals surface area contributed by atoms with Crippen molar-refractivity contribution in [1.82, 2.24) is 10.2 Å². The van der Waals surface area contributed by atoms with Crippen LogP contribution < -0.4 is 15.4 Å². The minimum absolute atomic E-state index is 0.0263. The standard InChI is InChI=1S/C29H33N3O3S/c1-17(2)32-15-14-22-23(16-32)36-27-24(22)26(33)30-25(31-27)18-8-12-21(13-9-18)35-28(34)19-6-10-20(11-7-19)29(3,4)5/h6-13,17,25,31H,14-16H2,1-5H3,(H,30,33). The van der Waals surface area contributed by atoms with Crippen molar-refractivity contribution in [3.63, 3.8) is 0 Å². The monoisotopic (exact) mass is 503 g/mol. The first-order valence-corrected chi connectivity index (χ1v) is 13.3. The van der Waals surface area contributed by atoms with Crippen LogP contribution in [0.3, 0.4) is 0 Å². The van der Waals surface area contributed by atoms with Gasteiger partial charge < -0.3 is 15.4 Å². The van der Waals surface area contributed by atoms with Gasteiger partial charge in [-0.3, -0.25) is 9.69 Å². The Morgan fingerprint density at radius 3 is 2.39 bits per heavy atom. The van der Waals surface area contributed by atoms with Gasteiger partial charge in [-0.1, -0.05) is 45.0 Å². The van der Waals surface area contributed by atoms with Crippen molar-refractivity contribution >= 4 is 28.2 Å². The Morgan fingerprint density at radius 1 is 1.06 bits per heavy atom. The van der Waals surface area contributed by atoms with Gasteiger partial charge in [-0.2, -0.15) is 0 Å². The largest absolute Gasteiger partial charge is 0.423 e. The van der Waals surface area contributed by atoms with Crippen molar-refractivity contribution in [2.24, 2.45) is 0 Å². The third-order valence-electron chi connectivity index (χ3n) is 7.01. The molecular formula is C29H33N3O3S. The molecule has 0 bridgehead atoms. The second kappa shape index (κ2) is 9.37. The molecule has 2 aromatic carbocycles. The lowest BCUT2D eigenvalue weighted by Gasteiger charge is -2.31. The molecule has 0 saturated carbocycles. The van der Waals surface area contributed by atoms with Gasteiger partial charge in [0, 0.05) is 24.0 Å². The van der Waals surface area contributed by atoms with Crippen LogP contribution >= 0.6 is 11.3 Å². The fourth-order valence-electron chi connectivity index (χ4n) is 4.74. The summed E-state index contributed by atoms with van der Waals surface area (Å²) in [6.45, 7) is 12.7. The lowest BCUT2D eigenvalue weighted by Crippen LogP contribution is -2.39. The minimum Gasteiger partial charge on any atom is -0.423 e. The molecule has 188 valence electrons. The number of amides is 1. The van der Waals surface area contributed by atoms with Crippen molar-refractivity contribution < 1.29 is 14.3 Å². The van der Waals surface area contributed by atoms with Crippen LogP contribution in [0.1, 0.15) is 83.1 Å². The molecule has 3 aromatic rings. The van der Waals surface area contributed by atoms with Crippen molar-refractivity contribution in [2.45, 2.75) is 65.2 Å². The highest BCUT2D eigenvalue weighted by molar-refractivity contribution is 7.16. The number of nitrogens with zero attached hydrogens (tertiary/aromatic N) is 1. The SMILES string of the molecule is CC(C)N1CCc2c(sc3c2C(=O)NC(c2ccc(OC(=O)c4ccc(C(C)(C)C)cc4)cc2)N3)C1. The van der Waals surface area contributed by atoms with Crippen LogP contribution in [0.4, 0.5) is 5.00 Å². The Kier molecular flexibility index (Phi) is 6.39. The number of anilines is 1. The van der Waals surface area contributed by atoms with E-state index in [-0.39, 0.29) is 17.5 Å². The Bertz CT molecular complexity index is 1290. The molecule has 7 heteroatoms. The summed E-state index contributed by atoms with van der Waals surface area (Å²) >= 11 is 1.69. The zero-order chi connectivity index (χ0) is 25.6. The normalized spacial score (nSPS) is 17.7. The van der Waals surface area contributed by atoms with Crippen LogP contribution in [0.2, 0.25) is 0 Å². The highest BCUT2D eigenvalue weighted by Crippen LogP contribution is 2.41. The van der Waals surface area contributed by atoms with Gasteiger partial charge in [-0.15, -0.1) is 11.3 Å². The third kappa shape index (κ3) is 4.77. The van der Waals surface area contributed by atoms with E-state index in [0.29, 0.717) is 17.4 Å². The van der Waals surface area contributed by atoms with Crippen LogP contribution in [-0.4, -0.2) is 29.4 Å². The van der Waals surface area contributed by atoms with Gasteiger partial charge in [-0.05, 0) is 66.6 Å². The minimum atomic E-state index is -0.392. The summed E-state index contributed by atoms with van der Waals surface area (Å²) in [5, 5.41) is 7.54. The number of fused-ring (bicyclic) bond motifs is 3. The molecule has 0 spiro atoms. The highest BCUT2D eigenvalue weighted by atomic mass is 32.1. The summed E-state index contributed by atoms with van der Waals surface area (Å²) in [7, 11) is 0. The average Bonchev–Trinajstić information content (AvgIpc) is 3.22. The molecule has 36 heavy (non-hydrogen) atoms. The molecule has 0 aliphatic carbocycles. The molecule has 5 rings (SSSR count). The van der Waals surface area contributed by atoms with Gasteiger partial charge in [0.05, 0.1) is 11.1 Å². The van der Waals surface area contributed by atoms with Crippen LogP contribution in [-0.2, 0) is 18.4 Å². The number of thiophene rings is 1. The molecule has 6 nitrogen and oxygen atoms in total. The van der Waals surface area contributed by atoms with E-state index in [1.807, 2.05) is 24.3 Å². The fourth-order valence-corrected chi connectivity index (χ4v) is 6.04. The van der Waals surface area contributed by atoms with E-state index in [1.54, 1.807) is 35.6 Å². The number of esters is 1. The lowest BCUT2D eigenvalue weighted by atomic mass is 9.87. The maximum atomic E-state index is 13.0. The molecular weight excluding hydrogens is 470 g/mol. The van der Waals surface area contributed by atoms with E-state index < -0.39 is 5.97 Å². The van der Waals surface area contributed by atoms with Crippen LogP contribution in [0.15, 0.2) is 48.5 Å². The molecule has 1 atom stereocenters. The Hall–Kier alpha value is -3.16. The van der Waals surface area contributed by atoms with E-state index in [0.717, 1.165) is 41.2 Å². The first-order chi connectivity index (χ1) is 17.1. The van der Waals surface area contributed by atoms with Gasteiger partial charge >= 0.3 is 5.97 Å². The number of ether oxygens (including phenoxy) is 1. The lowest BCUT2D eigenvalue weighted by molar-refractivity contribution is 0.0734. The highest BCUT2D eigenvalue weighted by Gasteiger charge is 2.33. The molecule has 1 amide bonds. The molecule has 0 saturated heterocycles. The molecule has 3 heterocycles. The van der Waals surface area contributed by atoms with Gasteiger partial charge in [0.15, 0.2) is 0 Å². The van der Waals surface area contributed by atoms with Gasteiger partial charge in [0.25, 0.3) is 5.91 Å². The van der Waals surface area contributed by atoms with E-state index in [1.165, 1.54) is 10.4 Å². The predicted molar refractivity (Wildman–Crippen MR) is 144 cm³/mol. The quantitative estimate of drug-likeness (QED) is 0.343. The molecule has 0 radical (unpaired) electrons. The van der Waals surface area contributed by atoms with E-state index in [2.05, 4.69) is 50.2 Å². The van der Waals surface area contributed by atoms with Crippen molar-refractivity contribution in [3.05, 3.63) is 81.2 Å². The van der Waals surface area contributed by atoms with E-state index >= 15 is 0 Å². The number of rotatable bonds is 4. The van der Waals surface area contributed by atoms with Gasteiger partial charge in [0.1, 0.15) is 16.9 Å². The Morgan fingerprint density at radius 2 is 1.75 bits per heavy atom. The van der Waals surface area contributed by atoms with Crippen LogP contribution in [0, 0.1) is 0 Å². The summed E-state index contributed by atoms with van der Waals surface area (Å²) in [6.07, 6.45) is 0.568. The Balaban J connectivity index is 1.27. The molecule has 2 aliphatic rings. The number of hydrogen-bond donors (Lipinski definition) is 2. The number of benzene rings is 2. The number of carbonyl (C=O) groups is 2. The van der Waals surface area contributed by atoms with E-state index in [9.17, 15) is 9.59 Å². The molecule has 0 fully saturated rings. The molecule has 2 aliphatic heterocycles. The topological polar surface area (TPSA) is 70.7 Å². The molecule has 1 aromatic heterocycles. The summed E-state index contributed by atoms with van der Waals surface area (Å²) in [4.78, 5) is 29.4. The second-order valence-electron chi connectivity index (χ2n) is 10.9. The van der Waals surface area contributed by atoms with Gasteiger partial charge in [-0.25, -0.2) is 4.79 Å². The summed E-state index contributed by atoms with van der Waals surface area (Å²) in [5.41, 5.74) is 4.60. The summed E-state index contributed by atoms with van der Waals surface area (Å²) in [6, 6.07) is 15.3. The Labute approximate surface area is 216 Å². The average molecular weight is 504 g/mol.